The van der Waals surface area contributed by atoms with Crippen molar-refractivity contribution in [3.8, 4) is 0 Å². The number of alkyl halides is 2. The molecule has 0 aromatic rings. The van der Waals surface area contributed by atoms with Crippen LogP contribution in [-0.2, 0) is 4.74 Å². The molecule has 20 heavy (non-hydrogen) atoms. The van der Waals surface area contributed by atoms with Gasteiger partial charge in [-0.15, -0.1) is 0 Å². The van der Waals surface area contributed by atoms with Crippen LogP contribution in [0.5, 0.6) is 0 Å². The van der Waals surface area contributed by atoms with Crippen LogP contribution in [0.4, 0.5) is 13.6 Å². The van der Waals surface area contributed by atoms with Gasteiger partial charge in [0.05, 0.1) is 6.54 Å². The highest BCUT2D eigenvalue weighted by atomic mass is 19.3. The molecule has 0 bridgehead atoms. The van der Waals surface area contributed by atoms with Crippen LogP contribution in [0, 0.1) is 0 Å². The summed E-state index contributed by atoms with van der Waals surface area (Å²) in [5, 5.41) is 11.6. The summed E-state index contributed by atoms with van der Waals surface area (Å²) in [7, 11) is 0. The Morgan fingerprint density at radius 1 is 1.50 bits per heavy atom. The molecule has 2 N–H and O–H groups in total. The van der Waals surface area contributed by atoms with E-state index >= 15 is 0 Å². The van der Waals surface area contributed by atoms with Crippen molar-refractivity contribution in [2.45, 2.75) is 51.2 Å². The van der Waals surface area contributed by atoms with Crippen LogP contribution in [0.25, 0.3) is 0 Å². The SMILES string of the molecule is CC(C)(C)OC(=O)N1C[C@H](NCCCO)CC(F)(F)C1. The summed E-state index contributed by atoms with van der Waals surface area (Å²) in [6.45, 7) is 5.12. The van der Waals surface area contributed by atoms with Gasteiger partial charge in [-0.05, 0) is 33.7 Å². The molecule has 5 nitrogen and oxygen atoms in total. The molecule has 0 aliphatic carbocycles. The van der Waals surface area contributed by atoms with Crippen molar-refractivity contribution in [1.29, 1.82) is 0 Å². The lowest BCUT2D eigenvalue weighted by molar-refractivity contribution is -0.0784. The average Bonchev–Trinajstić information content (AvgIpc) is 2.25. The lowest BCUT2D eigenvalue weighted by Gasteiger charge is -2.38. The number of rotatable bonds is 4. The first kappa shape index (κ1) is 17.1. The fourth-order valence-corrected chi connectivity index (χ4v) is 2.09. The zero-order valence-corrected chi connectivity index (χ0v) is 12.3. The van der Waals surface area contributed by atoms with E-state index in [9.17, 15) is 13.6 Å². The number of ether oxygens (including phenoxy) is 1. The fraction of sp³-hybridized carbons (Fsp3) is 0.923. The number of nitrogens with one attached hydrogen (secondary N) is 1. The van der Waals surface area contributed by atoms with Crippen molar-refractivity contribution in [2.75, 3.05) is 26.2 Å². The van der Waals surface area contributed by atoms with Gasteiger partial charge < -0.3 is 20.1 Å². The Kier molecular flexibility index (Phi) is 5.70. The lowest BCUT2D eigenvalue weighted by atomic mass is 10.0. The summed E-state index contributed by atoms with van der Waals surface area (Å²) in [5.41, 5.74) is -0.705. The van der Waals surface area contributed by atoms with E-state index in [1.807, 2.05) is 0 Å². The van der Waals surface area contributed by atoms with E-state index in [0.717, 1.165) is 4.90 Å². The first-order valence-corrected chi connectivity index (χ1v) is 6.83. The molecule has 1 amide bonds. The highest BCUT2D eigenvalue weighted by Gasteiger charge is 2.42. The average molecular weight is 294 g/mol. The molecule has 1 heterocycles. The molecular weight excluding hydrogens is 270 g/mol. The van der Waals surface area contributed by atoms with Crippen molar-refractivity contribution >= 4 is 6.09 Å². The molecule has 1 rings (SSSR count). The molecule has 0 radical (unpaired) electrons. The Morgan fingerprint density at radius 3 is 2.70 bits per heavy atom. The van der Waals surface area contributed by atoms with Gasteiger partial charge in [0.2, 0.25) is 0 Å². The zero-order chi connectivity index (χ0) is 15.4. The summed E-state index contributed by atoms with van der Waals surface area (Å²) in [6.07, 6.45) is -0.530. The first-order chi connectivity index (χ1) is 9.13. The number of aliphatic hydroxyl groups is 1. The van der Waals surface area contributed by atoms with Crippen molar-refractivity contribution in [3.63, 3.8) is 0 Å². The van der Waals surface area contributed by atoms with E-state index < -0.39 is 30.2 Å². The van der Waals surface area contributed by atoms with Crippen LogP contribution in [0.15, 0.2) is 0 Å². The molecule has 0 spiro atoms. The second kappa shape index (κ2) is 6.67. The number of likely N-dealkylation sites (tertiary alicyclic amines) is 1. The maximum absolute atomic E-state index is 13.7. The highest BCUT2D eigenvalue weighted by molar-refractivity contribution is 5.68. The molecule has 1 atom stereocenters. The van der Waals surface area contributed by atoms with Gasteiger partial charge in [-0.3, -0.25) is 0 Å². The minimum absolute atomic E-state index is 0.00585. The molecule has 0 saturated carbocycles. The molecule has 0 aromatic carbocycles. The third-order valence-corrected chi connectivity index (χ3v) is 2.83. The van der Waals surface area contributed by atoms with Gasteiger partial charge in [0.1, 0.15) is 5.60 Å². The van der Waals surface area contributed by atoms with Gasteiger partial charge in [0.15, 0.2) is 0 Å². The number of hydrogen-bond donors (Lipinski definition) is 2. The number of nitrogens with zero attached hydrogens (tertiary/aromatic N) is 1. The van der Waals surface area contributed by atoms with Gasteiger partial charge in [0.25, 0.3) is 5.92 Å². The van der Waals surface area contributed by atoms with Crippen molar-refractivity contribution < 1.29 is 23.4 Å². The second-order valence-electron chi connectivity index (χ2n) is 6.15. The molecule has 118 valence electrons. The molecular formula is C13H24F2N2O3. The Morgan fingerprint density at radius 2 is 2.15 bits per heavy atom. The van der Waals surface area contributed by atoms with Crippen molar-refractivity contribution in [2.24, 2.45) is 0 Å². The molecule has 1 aliphatic rings. The Labute approximate surface area is 118 Å². The third-order valence-electron chi connectivity index (χ3n) is 2.83. The Hall–Kier alpha value is -0.950. The van der Waals surface area contributed by atoms with Crippen LogP contribution < -0.4 is 5.32 Å². The quantitative estimate of drug-likeness (QED) is 0.773. The predicted molar refractivity (Wildman–Crippen MR) is 70.9 cm³/mol. The summed E-state index contributed by atoms with van der Waals surface area (Å²) < 4.78 is 32.5. The number of aliphatic hydroxyl groups excluding tert-OH is 1. The number of carbonyl (C=O) groups is 1. The normalized spacial score (nSPS) is 22.7. The van der Waals surface area contributed by atoms with Gasteiger partial charge in [-0.25, -0.2) is 13.6 Å². The van der Waals surface area contributed by atoms with E-state index in [4.69, 9.17) is 9.84 Å². The fourth-order valence-electron chi connectivity index (χ4n) is 2.09. The van der Waals surface area contributed by atoms with Crippen molar-refractivity contribution in [1.82, 2.24) is 10.2 Å². The Bertz CT molecular complexity index is 332. The molecule has 0 aromatic heterocycles. The summed E-state index contributed by atoms with van der Waals surface area (Å²) >= 11 is 0. The van der Waals surface area contributed by atoms with Crippen molar-refractivity contribution in [3.05, 3.63) is 0 Å². The topological polar surface area (TPSA) is 61.8 Å². The maximum Gasteiger partial charge on any atom is 0.410 e. The second-order valence-corrected chi connectivity index (χ2v) is 6.15. The largest absolute Gasteiger partial charge is 0.444 e. The van der Waals surface area contributed by atoms with E-state index in [2.05, 4.69) is 5.32 Å². The van der Waals surface area contributed by atoms with Crippen LogP contribution in [-0.4, -0.2) is 59.9 Å². The first-order valence-electron chi connectivity index (χ1n) is 6.83. The number of piperidine rings is 1. The van der Waals surface area contributed by atoms with E-state index in [-0.39, 0.29) is 19.6 Å². The van der Waals surface area contributed by atoms with E-state index in [0.29, 0.717) is 13.0 Å². The van der Waals surface area contributed by atoms with Crippen LogP contribution in [0.2, 0.25) is 0 Å². The highest BCUT2D eigenvalue weighted by Crippen LogP contribution is 2.28. The maximum atomic E-state index is 13.7. The molecule has 1 aliphatic heterocycles. The summed E-state index contributed by atoms with van der Waals surface area (Å²) in [6, 6.07) is -0.488. The van der Waals surface area contributed by atoms with Crippen LogP contribution in [0.1, 0.15) is 33.6 Å². The Balaban J connectivity index is 2.60. The molecule has 1 fully saturated rings. The van der Waals surface area contributed by atoms with Gasteiger partial charge in [-0.2, -0.15) is 0 Å². The van der Waals surface area contributed by atoms with Gasteiger partial charge >= 0.3 is 6.09 Å². The zero-order valence-electron chi connectivity index (χ0n) is 12.3. The number of hydrogen-bond acceptors (Lipinski definition) is 4. The summed E-state index contributed by atoms with van der Waals surface area (Å²) in [4.78, 5) is 12.9. The molecule has 1 saturated heterocycles. The van der Waals surface area contributed by atoms with Crippen LogP contribution in [0.3, 0.4) is 0 Å². The predicted octanol–water partition coefficient (Wildman–Crippen LogP) is 1.60. The number of halogens is 2. The molecule has 0 unspecified atom stereocenters. The van der Waals surface area contributed by atoms with Gasteiger partial charge in [-0.1, -0.05) is 0 Å². The third kappa shape index (κ3) is 6.00. The monoisotopic (exact) mass is 294 g/mol. The van der Waals surface area contributed by atoms with Gasteiger partial charge in [0, 0.05) is 25.6 Å². The minimum atomic E-state index is -2.92. The summed E-state index contributed by atoms with van der Waals surface area (Å²) in [5.74, 6) is -2.92. The lowest BCUT2D eigenvalue weighted by Crippen LogP contribution is -2.56. The number of carbonyl (C=O) groups excluding carboxylic acids is 1. The standard InChI is InChI=1S/C13H24F2N2O3/c1-12(2,3)20-11(19)17-8-10(16-5-4-6-18)7-13(14,15)9-17/h10,16,18H,4-9H2,1-3H3/t10-/m1/s1. The van der Waals surface area contributed by atoms with Crippen LogP contribution >= 0.6 is 0 Å². The molecule has 7 heteroatoms. The van der Waals surface area contributed by atoms with E-state index in [1.165, 1.54) is 0 Å². The van der Waals surface area contributed by atoms with E-state index in [1.54, 1.807) is 20.8 Å². The number of amides is 1. The smallest absolute Gasteiger partial charge is 0.410 e. The minimum Gasteiger partial charge on any atom is -0.444 e.